The molecular formula is C21H29N3O4S. The predicted octanol–water partition coefficient (Wildman–Crippen LogP) is 2.58. The van der Waals surface area contributed by atoms with Crippen LogP contribution in [0.25, 0.3) is 0 Å². The predicted molar refractivity (Wildman–Crippen MR) is 115 cm³/mol. The fourth-order valence-corrected chi connectivity index (χ4v) is 4.01. The molecule has 0 aliphatic heterocycles. The molecule has 0 spiro atoms. The SMILES string of the molecule is COc1ccccc1CN(C)C(=O)CN(c1cc(C)ccc1C)S(=O)(=O)N(C)C. The van der Waals surface area contributed by atoms with E-state index in [1.165, 1.54) is 19.0 Å². The van der Waals surface area contributed by atoms with E-state index in [1.54, 1.807) is 20.2 Å². The van der Waals surface area contributed by atoms with Crippen LogP contribution in [0.1, 0.15) is 16.7 Å². The third kappa shape index (κ3) is 5.27. The molecular weight excluding hydrogens is 390 g/mol. The van der Waals surface area contributed by atoms with Gasteiger partial charge in [0.25, 0.3) is 0 Å². The number of anilines is 1. The van der Waals surface area contributed by atoms with Crippen LogP contribution in [-0.4, -0.2) is 58.3 Å². The van der Waals surface area contributed by atoms with E-state index in [9.17, 15) is 13.2 Å². The molecule has 0 saturated heterocycles. The molecule has 29 heavy (non-hydrogen) atoms. The lowest BCUT2D eigenvalue weighted by Crippen LogP contribution is -2.46. The van der Waals surface area contributed by atoms with E-state index in [2.05, 4.69) is 0 Å². The minimum atomic E-state index is -3.85. The number of methoxy groups -OCH3 is 1. The van der Waals surface area contributed by atoms with Crippen LogP contribution in [0, 0.1) is 13.8 Å². The van der Waals surface area contributed by atoms with Crippen molar-refractivity contribution >= 4 is 21.8 Å². The number of nitrogens with zero attached hydrogens (tertiary/aromatic N) is 3. The highest BCUT2D eigenvalue weighted by Crippen LogP contribution is 2.26. The Balaban J connectivity index is 2.33. The Hall–Kier alpha value is -2.58. The number of para-hydroxylation sites is 1. The van der Waals surface area contributed by atoms with Crippen LogP contribution in [0.2, 0.25) is 0 Å². The van der Waals surface area contributed by atoms with Gasteiger partial charge in [-0.15, -0.1) is 0 Å². The number of aryl methyl sites for hydroxylation is 2. The van der Waals surface area contributed by atoms with Gasteiger partial charge in [-0.1, -0.05) is 30.3 Å². The summed E-state index contributed by atoms with van der Waals surface area (Å²) >= 11 is 0. The molecule has 2 aromatic carbocycles. The highest BCUT2D eigenvalue weighted by atomic mass is 32.2. The maximum Gasteiger partial charge on any atom is 0.304 e. The lowest BCUT2D eigenvalue weighted by molar-refractivity contribution is -0.128. The van der Waals surface area contributed by atoms with Crippen LogP contribution in [0.15, 0.2) is 42.5 Å². The van der Waals surface area contributed by atoms with Gasteiger partial charge in [0.2, 0.25) is 5.91 Å². The Morgan fingerprint density at radius 1 is 1.03 bits per heavy atom. The summed E-state index contributed by atoms with van der Waals surface area (Å²) in [5.41, 5.74) is 3.04. The Morgan fingerprint density at radius 3 is 2.31 bits per heavy atom. The summed E-state index contributed by atoms with van der Waals surface area (Å²) < 4.78 is 33.6. The zero-order valence-electron chi connectivity index (χ0n) is 17.8. The molecule has 1 amide bonds. The molecule has 7 nitrogen and oxygen atoms in total. The highest BCUT2D eigenvalue weighted by molar-refractivity contribution is 7.90. The van der Waals surface area contributed by atoms with Gasteiger partial charge in [-0.3, -0.25) is 4.79 Å². The average Bonchev–Trinajstić information content (AvgIpc) is 2.68. The molecule has 0 unspecified atom stereocenters. The van der Waals surface area contributed by atoms with Crippen molar-refractivity contribution in [1.29, 1.82) is 0 Å². The minimum Gasteiger partial charge on any atom is -0.496 e. The quantitative estimate of drug-likeness (QED) is 0.659. The maximum atomic E-state index is 13.0. The van der Waals surface area contributed by atoms with Crippen molar-refractivity contribution in [2.24, 2.45) is 0 Å². The van der Waals surface area contributed by atoms with Crippen molar-refractivity contribution < 1.29 is 17.9 Å². The second-order valence-electron chi connectivity index (χ2n) is 7.15. The van der Waals surface area contributed by atoms with Crippen molar-refractivity contribution in [3.8, 4) is 5.75 Å². The number of amides is 1. The molecule has 0 aliphatic carbocycles. The summed E-state index contributed by atoms with van der Waals surface area (Å²) in [6, 6.07) is 13.0. The van der Waals surface area contributed by atoms with Crippen LogP contribution < -0.4 is 9.04 Å². The van der Waals surface area contributed by atoms with Gasteiger partial charge < -0.3 is 9.64 Å². The summed E-state index contributed by atoms with van der Waals surface area (Å²) in [5, 5.41) is 0. The van der Waals surface area contributed by atoms with Gasteiger partial charge >= 0.3 is 10.2 Å². The Kier molecular flexibility index (Phi) is 7.26. The maximum absolute atomic E-state index is 13.0. The van der Waals surface area contributed by atoms with Crippen molar-refractivity contribution in [3.63, 3.8) is 0 Å². The minimum absolute atomic E-state index is 0.295. The largest absolute Gasteiger partial charge is 0.496 e. The zero-order chi connectivity index (χ0) is 21.8. The van der Waals surface area contributed by atoms with Gasteiger partial charge in [0, 0.05) is 33.3 Å². The molecule has 8 heteroatoms. The normalized spacial score (nSPS) is 11.4. The van der Waals surface area contributed by atoms with Gasteiger partial charge in [0.15, 0.2) is 0 Å². The van der Waals surface area contributed by atoms with Gasteiger partial charge in [0.1, 0.15) is 12.3 Å². The molecule has 0 heterocycles. The second kappa shape index (κ2) is 9.28. The average molecular weight is 420 g/mol. The van der Waals surface area contributed by atoms with E-state index in [-0.39, 0.29) is 12.5 Å². The summed E-state index contributed by atoms with van der Waals surface area (Å²) in [6.07, 6.45) is 0. The fraction of sp³-hybridized carbons (Fsp3) is 0.381. The van der Waals surface area contributed by atoms with Crippen LogP contribution in [0.4, 0.5) is 5.69 Å². The Labute approximate surface area is 173 Å². The summed E-state index contributed by atoms with van der Waals surface area (Å²) in [7, 11) is 2.29. The number of carbonyl (C=O) groups excluding carboxylic acids is 1. The molecule has 0 aromatic heterocycles. The molecule has 158 valence electrons. The molecule has 0 radical (unpaired) electrons. The van der Waals surface area contributed by atoms with Crippen LogP contribution >= 0.6 is 0 Å². The molecule has 2 rings (SSSR count). The van der Waals surface area contributed by atoms with E-state index in [4.69, 9.17) is 4.74 Å². The molecule has 0 fully saturated rings. The lowest BCUT2D eigenvalue weighted by Gasteiger charge is -2.30. The summed E-state index contributed by atoms with van der Waals surface area (Å²) in [4.78, 5) is 14.5. The van der Waals surface area contributed by atoms with Gasteiger partial charge in [-0.2, -0.15) is 12.7 Å². The third-order valence-electron chi connectivity index (χ3n) is 4.68. The van der Waals surface area contributed by atoms with Crippen molar-refractivity contribution in [3.05, 3.63) is 59.2 Å². The number of likely N-dealkylation sites (N-methyl/N-ethyl adjacent to an activating group) is 1. The number of ether oxygens (including phenoxy) is 1. The van der Waals surface area contributed by atoms with Crippen LogP contribution in [0.3, 0.4) is 0 Å². The second-order valence-corrected chi connectivity index (χ2v) is 9.22. The van der Waals surface area contributed by atoms with Crippen LogP contribution in [0.5, 0.6) is 5.75 Å². The summed E-state index contributed by atoms with van der Waals surface area (Å²) in [5.74, 6) is 0.363. The van der Waals surface area contributed by atoms with E-state index in [0.29, 0.717) is 18.0 Å². The molecule has 2 aromatic rings. The zero-order valence-corrected chi connectivity index (χ0v) is 18.7. The van der Waals surface area contributed by atoms with E-state index >= 15 is 0 Å². The van der Waals surface area contributed by atoms with Crippen molar-refractivity contribution in [2.75, 3.05) is 39.1 Å². The van der Waals surface area contributed by atoms with Crippen molar-refractivity contribution in [1.82, 2.24) is 9.21 Å². The number of rotatable bonds is 8. The number of hydrogen-bond donors (Lipinski definition) is 0. The van der Waals surface area contributed by atoms with Gasteiger partial charge in [0.05, 0.1) is 12.8 Å². The summed E-state index contributed by atoms with van der Waals surface area (Å²) in [6.45, 7) is 3.73. The molecule has 0 N–H and O–H groups in total. The molecule has 0 aliphatic rings. The lowest BCUT2D eigenvalue weighted by atomic mass is 10.1. The molecule has 0 atom stereocenters. The number of hydrogen-bond acceptors (Lipinski definition) is 4. The smallest absolute Gasteiger partial charge is 0.304 e. The first-order chi connectivity index (χ1) is 13.6. The fourth-order valence-electron chi connectivity index (χ4n) is 2.90. The van der Waals surface area contributed by atoms with Gasteiger partial charge in [-0.05, 0) is 37.1 Å². The van der Waals surface area contributed by atoms with E-state index < -0.39 is 10.2 Å². The molecule has 0 saturated carbocycles. The van der Waals surface area contributed by atoms with E-state index in [0.717, 1.165) is 25.3 Å². The first-order valence-corrected chi connectivity index (χ1v) is 10.6. The number of benzene rings is 2. The molecule has 0 bridgehead atoms. The Bertz CT molecular complexity index is 974. The monoisotopic (exact) mass is 419 g/mol. The first-order valence-electron chi connectivity index (χ1n) is 9.21. The highest BCUT2D eigenvalue weighted by Gasteiger charge is 2.29. The van der Waals surface area contributed by atoms with Gasteiger partial charge in [-0.25, -0.2) is 4.31 Å². The third-order valence-corrected chi connectivity index (χ3v) is 6.48. The Morgan fingerprint density at radius 2 is 1.69 bits per heavy atom. The van der Waals surface area contributed by atoms with Crippen molar-refractivity contribution in [2.45, 2.75) is 20.4 Å². The first kappa shape index (κ1) is 22.7. The number of carbonyl (C=O) groups is 1. The standard InChI is InChI=1S/C21H29N3O4S/c1-16-11-12-17(2)19(13-16)24(29(26,27)22(3)4)15-21(25)23(5)14-18-9-7-8-10-20(18)28-6/h7-13H,14-15H2,1-6H3. The van der Waals surface area contributed by atoms with E-state index in [1.807, 2.05) is 50.2 Å². The van der Waals surface area contributed by atoms with Crippen LogP contribution in [-0.2, 0) is 21.5 Å². The topological polar surface area (TPSA) is 70.2 Å².